The first-order valence-corrected chi connectivity index (χ1v) is 20.3. The molecule has 11 aromatic rings. The highest BCUT2D eigenvalue weighted by atomic mass is 16.3. The lowest BCUT2D eigenvalue weighted by atomic mass is 9.81. The fourth-order valence-electron chi connectivity index (χ4n) is 10.2. The van der Waals surface area contributed by atoms with Crippen LogP contribution in [0.3, 0.4) is 0 Å². The lowest BCUT2D eigenvalue weighted by molar-refractivity contribution is 0.661. The number of hydrogen-bond acceptors (Lipinski definition) is 1. The van der Waals surface area contributed by atoms with Crippen LogP contribution < -0.4 is 0 Å². The molecular formula is C57H38O. The van der Waals surface area contributed by atoms with Crippen LogP contribution in [0.2, 0.25) is 0 Å². The van der Waals surface area contributed by atoms with E-state index in [-0.39, 0.29) is 5.41 Å². The van der Waals surface area contributed by atoms with Gasteiger partial charge in [0, 0.05) is 21.8 Å². The predicted molar refractivity (Wildman–Crippen MR) is 246 cm³/mol. The van der Waals surface area contributed by atoms with Crippen molar-refractivity contribution in [2.75, 3.05) is 0 Å². The zero-order valence-corrected chi connectivity index (χ0v) is 32.4. The highest BCUT2D eigenvalue weighted by Crippen LogP contribution is 2.54. The zero-order valence-electron chi connectivity index (χ0n) is 32.4. The van der Waals surface area contributed by atoms with Crippen molar-refractivity contribution < 1.29 is 4.42 Å². The van der Waals surface area contributed by atoms with Crippen LogP contribution in [-0.2, 0) is 5.41 Å². The van der Waals surface area contributed by atoms with E-state index < -0.39 is 0 Å². The second-order valence-electron chi connectivity index (χ2n) is 16.3. The van der Waals surface area contributed by atoms with E-state index in [0.717, 1.165) is 33.1 Å². The highest BCUT2D eigenvalue weighted by Gasteiger charge is 2.37. The van der Waals surface area contributed by atoms with Gasteiger partial charge < -0.3 is 4.42 Å². The van der Waals surface area contributed by atoms with Crippen LogP contribution in [-0.4, -0.2) is 0 Å². The van der Waals surface area contributed by atoms with Gasteiger partial charge in [-0.05, 0) is 106 Å². The largest absolute Gasteiger partial charge is 0.455 e. The Kier molecular flexibility index (Phi) is 7.04. The van der Waals surface area contributed by atoms with E-state index in [0.29, 0.717) is 0 Å². The van der Waals surface area contributed by atoms with Gasteiger partial charge in [0.15, 0.2) is 0 Å². The molecule has 1 heterocycles. The number of hydrogen-bond donors (Lipinski definition) is 0. The molecule has 10 aromatic carbocycles. The monoisotopic (exact) mass is 738 g/mol. The van der Waals surface area contributed by atoms with Gasteiger partial charge in [-0.3, -0.25) is 0 Å². The van der Waals surface area contributed by atoms with Gasteiger partial charge >= 0.3 is 0 Å². The molecule has 0 atom stereocenters. The molecule has 0 aliphatic heterocycles. The third-order valence-electron chi connectivity index (χ3n) is 12.9. The Bertz CT molecular complexity index is 3410. The molecule has 1 aliphatic carbocycles. The first-order valence-electron chi connectivity index (χ1n) is 20.3. The Morgan fingerprint density at radius 1 is 0.328 bits per heavy atom. The summed E-state index contributed by atoms with van der Waals surface area (Å²) >= 11 is 0. The summed E-state index contributed by atoms with van der Waals surface area (Å²) in [4.78, 5) is 0. The van der Waals surface area contributed by atoms with E-state index >= 15 is 0 Å². The molecule has 0 N–H and O–H groups in total. The average Bonchev–Trinajstić information content (AvgIpc) is 3.78. The second-order valence-corrected chi connectivity index (χ2v) is 16.3. The van der Waals surface area contributed by atoms with E-state index in [1.54, 1.807) is 0 Å². The van der Waals surface area contributed by atoms with Gasteiger partial charge in [0.25, 0.3) is 0 Å². The molecule has 1 aromatic heterocycles. The number of benzene rings is 10. The van der Waals surface area contributed by atoms with E-state index in [4.69, 9.17) is 4.42 Å². The van der Waals surface area contributed by atoms with E-state index in [9.17, 15) is 0 Å². The topological polar surface area (TPSA) is 13.1 Å². The molecular weight excluding hydrogens is 701 g/mol. The molecule has 1 heteroatoms. The van der Waals surface area contributed by atoms with Crippen molar-refractivity contribution in [3.8, 4) is 55.6 Å². The van der Waals surface area contributed by atoms with Crippen molar-refractivity contribution in [3.63, 3.8) is 0 Å². The summed E-state index contributed by atoms with van der Waals surface area (Å²) in [5.74, 6) is 0. The maximum atomic E-state index is 6.49. The summed E-state index contributed by atoms with van der Waals surface area (Å²) in [6.45, 7) is 4.74. The van der Waals surface area contributed by atoms with Gasteiger partial charge in [0.1, 0.15) is 11.2 Å². The van der Waals surface area contributed by atoms with Gasteiger partial charge in [-0.15, -0.1) is 0 Å². The third-order valence-corrected chi connectivity index (χ3v) is 12.9. The molecule has 0 saturated heterocycles. The van der Waals surface area contributed by atoms with Crippen LogP contribution in [0.1, 0.15) is 25.0 Å². The molecule has 0 spiro atoms. The van der Waals surface area contributed by atoms with E-state index in [1.807, 2.05) is 6.07 Å². The highest BCUT2D eigenvalue weighted by molar-refractivity contribution is 6.22. The Hall–Kier alpha value is -7.22. The smallest absolute Gasteiger partial charge is 0.143 e. The van der Waals surface area contributed by atoms with Gasteiger partial charge in [-0.25, -0.2) is 0 Å². The molecule has 1 aliphatic rings. The maximum absolute atomic E-state index is 6.49. The molecule has 0 unspecified atom stereocenters. The lowest BCUT2D eigenvalue weighted by Gasteiger charge is -2.22. The fraction of sp³-hybridized carbons (Fsp3) is 0.0526. The Balaban J connectivity index is 1.02. The summed E-state index contributed by atoms with van der Waals surface area (Å²) in [6, 6.07) is 71.3. The zero-order chi connectivity index (χ0) is 38.5. The van der Waals surface area contributed by atoms with Crippen LogP contribution in [0.25, 0.3) is 110 Å². The Morgan fingerprint density at radius 2 is 0.862 bits per heavy atom. The van der Waals surface area contributed by atoms with Crippen LogP contribution in [0.5, 0.6) is 0 Å². The SMILES string of the molecule is CC1(C)c2cccc(-c3ccc(-c4c5ccccc5c(-c5cccc(-c6cccc7c6oc6ccccc67)c5)c5ccccc45)cc3)c2-c2c1ccc1ccccc21. The van der Waals surface area contributed by atoms with Crippen LogP contribution in [0, 0.1) is 0 Å². The molecule has 12 rings (SSSR count). The number of rotatable bonds is 4. The van der Waals surface area contributed by atoms with Gasteiger partial charge in [-0.1, -0.05) is 196 Å². The van der Waals surface area contributed by atoms with Crippen molar-refractivity contribution in [2.45, 2.75) is 19.3 Å². The summed E-state index contributed by atoms with van der Waals surface area (Å²) in [6.07, 6.45) is 0. The fourth-order valence-corrected chi connectivity index (χ4v) is 10.2. The predicted octanol–water partition coefficient (Wildman–Crippen LogP) is 16.0. The quantitative estimate of drug-likeness (QED) is 0.164. The van der Waals surface area contributed by atoms with E-state index in [1.165, 1.54) is 88.0 Å². The van der Waals surface area contributed by atoms with Crippen molar-refractivity contribution in [2.24, 2.45) is 0 Å². The molecule has 0 amide bonds. The normalized spacial score (nSPS) is 13.1. The minimum Gasteiger partial charge on any atom is -0.455 e. The molecule has 58 heavy (non-hydrogen) atoms. The van der Waals surface area contributed by atoms with Gasteiger partial charge in [0.05, 0.1) is 0 Å². The second kappa shape index (κ2) is 12.4. The minimum atomic E-state index is -0.0789. The Morgan fingerprint density at radius 3 is 1.60 bits per heavy atom. The summed E-state index contributed by atoms with van der Waals surface area (Å²) in [5, 5.41) is 9.87. The van der Waals surface area contributed by atoms with Crippen molar-refractivity contribution in [1.29, 1.82) is 0 Å². The minimum absolute atomic E-state index is 0.0789. The Labute approximate surface area is 337 Å². The molecule has 0 bridgehead atoms. The standard InChI is InChI=1S/C57H38O/c1-57(2)49-26-13-23-41(54(49)55-40-17-4-3-14-35(40)32-33-50(55)57)36-28-30-37(31-29-36)52-44-19-5-7-21-46(44)53(47-22-8-6-20-45(47)52)39-16-11-15-38(34-39)42-24-12-25-48-43-18-9-10-27-51(43)58-56(42)48/h3-34H,1-2H3. The van der Waals surface area contributed by atoms with Crippen LogP contribution in [0.4, 0.5) is 0 Å². The van der Waals surface area contributed by atoms with Gasteiger partial charge in [0.2, 0.25) is 0 Å². The van der Waals surface area contributed by atoms with Crippen molar-refractivity contribution in [1.82, 2.24) is 0 Å². The van der Waals surface area contributed by atoms with Crippen molar-refractivity contribution in [3.05, 3.63) is 205 Å². The molecule has 1 nitrogen and oxygen atoms in total. The number of fused-ring (bicyclic) bond motifs is 10. The van der Waals surface area contributed by atoms with Crippen molar-refractivity contribution >= 4 is 54.3 Å². The summed E-state index contributed by atoms with van der Waals surface area (Å²) in [5.41, 5.74) is 17.0. The summed E-state index contributed by atoms with van der Waals surface area (Å²) < 4.78 is 6.49. The maximum Gasteiger partial charge on any atom is 0.143 e. The molecule has 0 saturated carbocycles. The number of para-hydroxylation sites is 2. The lowest BCUT2D eigenvalue weighted by Crippen LogP contribution is -2.14. The van der Waals surface area contributed by atoms with Crippen LogP contribution in [0.15, 0.2) is 199 Å². The first-order chi connectivity index (χ1) is 28.5. The van der Waals surface area contributed by atoms with E-state index in [2.05, 4.69) is 202 Å². The first kappa shape index (κ1) is 33.0. The summed E-state index contributed by atoms with van der Waals surface area (Å²) in [7, 11) is 0. The third kappa shape index (κ3) is 4.71. The number of furan rings is 1. The average molecular weight is 739 g/mol. The molecule has 0 fully saturated rings. The van der Waals surface area contributed by atoms with Crippen LogP contribution >= 0.6 is 0 Å². The molecule has 272 valence electrons. The van der Waals surface area contributed by atoms with Gasteiger partial charge in [-0.2, -0.15) is 0 Å². The molecule has 0 radical (unpaired) electrons.